The molecule has 1 heterocycles. The van der Waals surface area contributed by atoms with Crippen molar-refractivity contribution in [3.05, 3.63) is 58.9 Å². The SMILES string of the molecule is COc1cc(N(C)CCN(C)C)c([N+](=O)[O-])cc1Nc1cc(Nc2ccccc2N(C)S(C)(=O)=O)ncn1. The number of likely N-dealkylation sites (N-methyl/N-ethyl adjacent to an activating group) is 2. The average Bonchev–Trinajstić information content (AvgIpc) is 2.86. The molecule has 0 atom stereocenters. The summed E-state index contributed by atoms with van der Waals surface area (Å²) in [5, 5.41) is 18.1. The van der Waals surface area contributed by atoms with E-state index in [4.69, 9.17) is 4.74 Å². The van der Waals surface area contributed by atoms with Gasteiger partial charge in [0, 0.05) is 45.4 Å². The van der Waals surface area contributed by atoms with Crippen LogP contribution < -0.4 is 24.6 Å². The van der Waals surface area contributed by atoms with Gasteiger partial charge in [-0.2, -0.15) is 0 Å². The highest BCUT2D eigenvalue weighted by molar-refractivity contribution is 7.92. The van der Waals surface area contributed by atoms with Gasteiger partial charge in [-0.3, -0.25) is 14.4 Å². The number of nitrogens with zero attached hydrogens (tertiary/aromatic N) is 6. The number of nitro groups is 1. The number of anilines is 6. The molecule has 2 aromatic carbocycles. The van der Waals surface area contributed by atoms with Crippen molar-refractivity contribution in [3.8, 4) is 5.75 Å². The van der Waals surface area contributed by atoms with Crippen molar-refractivity contribution in [2.45, 2.75) is 0 Å². The highest BCUT2D eigenvalue weighted by atomic mass is 32.2. The van der Waals surface area contributed by atoms with E-state index in [-0.39, 0.29) is 5.69 Å². The number of benzene rings is 2. The van der Waals surface area contributed by atoms with Crippen LogP contribution in [0.3, 0.4) is 0 Å². The fraction of sp³-hybridized carbons (Fsp3) is 0.333. The summed E-state index contributed by atoms with van der Waals surface area (Å²) in [7, 11) is 5.12. The van der Waals surface area contributed by atoms with Crippen LogP contribution in [-0.4, -0.2) is 82.9 Å². The number of methoxy groups -OCH3 is 1. The zero-order valence-corrected chi connectivity index (χ0v) is 23.0. The van der Waals surface area contributed by atoms with E-state index in [1.54, 1.807) is 43.4 Å². The first kappa shape index (κ1) is 28.4. The van der Waals surface area contributed by atoms with Gasteiger partial charge in [-0.25, -0.2) is 18.4 Å². The third-order valence-electron chi connectivity index (χ3n) is 5.72. The third-order valence-corrected chi connectivity index (χ3v) is 6.91. The van der Waals surface area contributed by atoms with Crippen LogP contribution in [0.5, 0.6) is 5.75 Å². The Hall–Kier alpha value is -4.17. The van der Waals surface area contributed by atoms with Crippen molar-refractivity contribution in [2.24, 2.45) is 0 Å². The highest BCUT2D eigenvalue weighted by Gasteiger charge is 2.22. The van der Waals surface area contributed by atoms with Crippen LogP contribution >= 0.6 is 0 Å². The molecule has 14 heteroatoms. The standard InChI is InChI=1S/C24H32N8O5S/c1-29(2)11-12-30(3)20-14-22(37-5)18(13-21(20)32(33)34)28-24-15-23(25-16-26-24)27-17-9-7-8-10-19(17)31(4)38(6,35)36/h7-10,13-16H,11-12H2,1-6H3,(H2,25,26,27,28). The summed E-state index contributed by atoms with van der Waals surface area (Å²) < 4.78 is 30.8. The first-order chi connectivity index (χ1) is 17.9. The van der Waals surface area contributed by atoms with E-state index < -0.39 is 14.9 Å². The molecular formula is C24H32N8O5S. The zero-order valence-electron chi connectivity index (χ0n) is 22.2. The maximum absolute atomic E-state index is 12.1. The van der Waals surface area contributed by atoms with Gasteiger partial charge in [0.25, 0.3) is 5.69 Å². The van der Waals surface area contributed by atoms with Crippen molar-refractivity contribution < 1.29 is 18.1 Å². The molecule has 0 bridgehead atoms. The van der Waals surface area contributed by atoms with Gasteiger partial charge < -0.3 is 25.2 Å². The summed E-state index contributed by atoms with van der Waals surface area (Å²) in [5.41, 5.74) is 1.65. The molecule has 204 valence electrons. The van der Waals surface area contributed by atoms with Crippen molar-refractivity contribution in [2.75, 3.05) is 74.5 Å². The average molecular weight is 545 g/mol. The van der Waals surface area contributed by atoms with Gasteiger partial charge in [0.1, 0.15) is 29.4 Å². The van der Waals surface area contributed by atoms with E-state index in [0.717, 1.165) is 17.1 Å². The molecule has 1 aromatic heterocycles. The van der Waals surface area contributed by atoms with Gasteiger partial charge in [-0.1, -0.05) is 12.1 Å². The second kappa shape index (κ2) is 11.9. The Balaban J connectivity index is 1.92. The lowest BCUT2D eigenvalue weighted by Gasteiger charge is -2.23. The first-order valence-corrected chi connectivity index (χ1v) is 13.4. The molecule has 3 rings (SSSR count). The van der Waals surface area contributed by atoms with Gasteiger partial charge in [-0.05, 0) is 26.2 Å². The molecule has 0 radical (unpaired) electrons. The molecule has 0 spiro atoms. The summed E-state index contributed by atoms with van der Waals surface area (Å²) in [6.45, 7) is 1.30. The Morgan fingerprint density at radius 2 is 1.58 bits per heavy atom. The van der Waals surface area contributed by atoms with E-state index >= 15 is 0 Å². The lowest BCUT2D eigenvalue weighted by molar-refractivity contribution is -0.384. The van der Waals surface area contributed by atoms with Gasteiger partial charge in [-0.15, -0.1) is 0 Å². The third kappa shape index (κ3) is 6.98. The zero-order chi connectivity index (χ0) is 28.0. The Morgan fingerprint density at radius 3 is 2.16 bits per heavy atom. The molecule has 0 amide bonds. The molecule has 13 nitrogen and oxygen atoms in total. The van der Waals surface area contributed by atoms with E-state index in [0.29, 0.717) is 46.7 Å². The largest absolute Gasteiger partial charge is 0.494 e. The lowest BCUT2D eigenvalue weighted by Crippen LogP contribution is -2.28. The first-order valence-electron chi connectivity index (χ1n) is 11.5. The van der Waals surface area contributed by atoms with E-state index in [1.807, 2.05) is 23.9 Å². The number of nitro benzene ring substituents is 1. The molecule has 0 aliphatic rings. The maximum Gasteiger partial charge on any atom is 0.294 e. The number of nitrogens with one attached hydrogen (secondary N) is 2. The number of sulfonamides is 1. The molecule has 38 heavy (non-hydrogen) atoms. The molecule has 3 aromatic rings. The van der Waals surface area contributed by atoms with Gasteiger partial charge in [0.05, 0.1) is 35.4 Å². The summed E-state index contributed by atoms with van der Waals surface area (Å²) in [5.74, 6) is 1.12. The minimum atomic E-state index is -3.48. The van der Waals surface area contributed by atoms with Gasteiger partial charge in [0.2, 0.25) is 10.0 Å². The molecule has 0 aliphatic carbocycles. The van der Waals surface area contributed by atoms with E-state index in [9.17, 15) is 18.5 Å². The number of aromatic nitrogens is 2. The monoisotopic (exact) mass is 544 g/mol. The predicted molar refractivity (Wildman–Crippen MR) is 150 cm³/mol. The Labute approximate surface area is 222 Å². The number of hydrogen-bond donors (Lipinski definition) is 2. The maximum atomic E-state index is 12.1. The fourth-order valence-corrected chi connectivity index (χ4v) is 4.07. The van der Waals surface area contributed by atoms with Crippen LogP contribution in [-0.2, 0) is 10.0 Å². The molecule has 2 N–H and O–H groups in total. The number of rotatable bonds is 12. The molecular weight excluding hydrogens is 512 g/mol. The van der Waals surface area contributed by atoms with E-state index in [2.05, 4.69) is 20.6 Å². The summed E-state index contributed by atoms with van der Waals surface area (Å²) >= 11 is 0. The topological polar surface area (TPSA) is 146 Å². The number of ether oxygens (including phenoxy) is 1. The second-order valence-electron chi connectivity index (χ2n) is 8.81. The quantitative estimate of drug-likeness (QED) is 0.256. The molecule has 0 saturated carbocycles. The fourth-order valence-electron chi connectivity index (χ4n) is 3.55. The van der Waals surface area contributed by atoms with Gasteiger partial charge >= 0.3 is 0 Å². The Morgan fingerprint density at radius 1 is 0.947 bits per heavy atom. The second-order valence-corrected chi connectivity index (χ2v) is 10.8. The van der Waals surface area contributed by atoms with Crippen molar-refractivity contribution in [1.82, 2.24) is 14.9 Å². The van der Waals surface area contributed by atoms with Crippen LogP contribution in [0.15, 0.2) is 48.8 Å². The Bertz CT molecular complexity index is 1400. The molecule has 0 unspecified atom stereocenters. The smallest absolute Gasteiger partial charge is 0.294 e. The van der Waals surface area contributed by atoms with Crippen molar-refractivity contribution in [1.29, 1.82) is 0 Å². The van der Waals surface area contributed by atoms with E-state index in [1.165, 1.54) is 26.6 Å². The summed E-state index contributed by atoms with van der Waals surface area (Å²) in [4.78, 5) is 23.7. The summed E-state index contributed by atoms with van der Waals surface area (Å²) in [6.07, 6.45) is 2.44. The van der Waals surface area contributed by atoms with Crippen molar-refractivity contribution >= 4 is 50.1 Å². The van der Waals surface area contributed by atoms with Crippen LogP contribution in [0.2, 0.25) is 0 Å². The molecule has 0 aliphatic heterocycles. The molecule has 0 saturated heterocycles. The minimum Gasteiger partial charge on any atom is -0.494 e. The van der Waals surface area contributed by atoms with Crippen molar-refractivity contribution in [3.63, 3.8) is 0 Å². The van der Waals surface area contributed by atoms with Crippen LogP contribution in [0.25, 0.3) is 0 Å². The summed E-state index contributed by atoms with van der Waals surface area (Å²) in [6, 6.07) is 11.5. The highest BCUT2D eigenvalue weighted by Crippen LogP contribution is 2.39. The van der Waals surface area contributed by atoms with Crippen LogP contribution in [0.4, 0.5) is 40.1 Å². The Kier molecular flexibility index (Phi) is 8.91. The number of hydrogen-bond acceptors (Lipinski definition) is 11. The minimum absolute atomic E-state index is 0.0836. The molecule has 0 fully saturated rings. The predicted octanol–water partition coefficient (Wildman–Crippen LogP) is 3.27. The normalized spacial score (nSPS) is 11.2. The number of para-hydroxylation sites is 2. The van der Waals surface area contributed by atoms with Gasteiger partial charge in [0.15, 0.2) is 0 Å². The van der Waals surface area contributed by atoms with Crippen LogP contribution in [0, 0.1) is 10.1 Å². The van der Waals surface area contributed by atoms with Crippen LogP contribution in [0.1, 0.15) is 0 Å². The lowest BCUT2D eigenvalue weighted by atomic mass is 10.2.